The van der Waals surface area contributed by atoms with Gasteiger partial charge in [0.1, 0.15) is 11.5 Å². The summed E-state index contributed by atoms with van der Waals surface area (Å²) in [6.45, 7) is 6.64. The number of hydrogen-bond donors (Lipinski definition) is 2. The van der Waals surface area contributed by atoms with Crippen molar-refractivity contribution in [3.63, 3.8) is 0 Å². The molecule has 0 amide bonds. The van der Waals surface area contributed by atoms with Crippen LogP contribution in [0.5, 0.6) is 11.5 Å². The SMILES string of the molecule is CC.CN(C)CCn1c2ccccc2sc2c3sc4ccccc4n(CCN(C)C)c3c3c(O)c4c(=O)ccc(=O)c4c(O)c3c21. The summed E-state index contributed by atoms with van der Waals surface area (Å²) >= 11 is 3.27. The highest BCUT2D eigenvalue weighted by molar-refractivity contribution is 7.32. The first kappa shape index (κ1) is 31.7. The van der Waals surface area contributed by atoms with Gasteiger partial charge in [-0.05, 0) is 64.6 Å². The number of phenols is 2. The third-order valence-corrected chi connectivity index (χ3v) is 10.7. The van der Waals surface area contributed by atoms with E-state index in [9.17, 15) is 19.8 Å². The number of likely N-dealkylation sites (N-methyl/N-ethyl adjacent to an activating group) is 2. The molecule has 0 radical (unpaired) electrons. The quantitative estimate of drug-likeness (QED) is 0.112. The van der Waals surface area contributed by atoms with E-state index in [-0.39, 0.29) is 22.3 Å². The summed E-state index contributed by atoms with van der Waals surface area (Å²) in [7, 11) is 8.06. The molecule has 0 saturated heterocycles. The highest BCUT2D eigenvalue weighted by Crippen LogP contribution is 2.50. The van der Waals surface area contributed by atoms with E-state index in [1.807, 2.05) is 66.3 Å². The molecule has 10 heteroatoms. The lowest BCUT2D eigenvalue weighted by Crippen LogP contribution is -2.20. The fraction of sp³-hybridized carbons (Fsp3) is 0.278. The van der Waals surface area contributed by atoms with E-state index in [4.69, 9.17) is 0 Å². The Morgan fingerprint density at radius 1 is 0.587 bits per heavy atom. The number of phenolic OH excluding ortho intramolecular Hbond substituents is 2. The molecular formula is C36H38N4O4S2. The van der Waals surface area contributed by atoms with Crippen LogP contribution in [0.1, 0.15) is 13.8 Å². The van der Waals surface area contributed by atoms with Crippen molar-refractivity contribution in [2.75, 3.05) is 41.3 Å². The van der Waals surface area contributed by atoms with Gasteiger partial charge in [-0.15, -0.1) is 22.7 Å². The second kappa shape index (κ2) is 12.5. The van der Waals surface area contributed by atoms with Crippen LogP contribution in [0, 0.1) is 0 Å². The molecule has 7 rings (SSSR count). The van der Waals surface area contributed by atoms with E-state index in [0.717, 1.165) is 54.0 Å². The van der Waals surface area contributed by atoms with Crippen molar-refractivity contribution >= 4 is 85.1 Å². The standard InChI is InChI=1S/C34H32N4O4S2.C2H6/c1-35(2)15-17-37-19-9-5-7-11-23(19)43-33-29(37)27-28(32(42)26-22(40)14-13-21(39)25(26)31(27)41)30-34(33)44-24-12-8-6-10-20(24)38(30)18-16-36(3)4;1-2/h5-14,41-42H,15-18H2,1-4H3;1-2H3. The molecule has 0 aliphatic rings. The number of aromatic hydroxyl groups is 2. The monoisotopic (exact) mass is 654 g/mol. The van der Waals surface area contributed by atoms with Crippen LogP contribution in [-0.4, -0.2) is 70.4 Å². The summed E-state index contributed by atoms with van der Waals surface area (Å²) in [4.78, 5) is 30.7. The number of benzene rings is 5. The Labute approximate surface area is 274 Å². The Morgan fingerprint density at radius 3 is 1.33 bits per heavy atom. The van der Waals surface area contributed by atoms with Gasteiger partial charge in [-0.25, -0.2) is 0 Å². The van der Waals surface area contributed by atoms with Crippen molar-refractivity contribution in [1.29, 1.82) is 0 Å². The van der Waals surface area contributed by atoms with Gasteiger partial charge in [-0.1, -0.05) is 38.1 Å². The van der Waals surface area contributed by atoms with Gasteiger partial charge in [0.2, 0.25) is 0 Å². The molecular weight excluding hydrogens is 617 g/mol. The maximum Gasteiger partial charge on any atom is 0.190 e. The number of rotatable bonds is 6. The van der Waals surface area contributed by atoms with Crippen molar-refractivity contribution < 1.29 is 10.2 Å². The van der Waals surface area contributed by atoms with E-state index in [1.54, 1.807) is 22.7 Å². The predicted octanol–water partition coefficient (Wildman–Crippen LogP) is 7.18. The number of fused-ring (bicyclic) bond motifs is 9. The molecule has 0 saturated carbocycles. The van der Waals surface area contributed by atoms with Crippen molar-refractivity contribution in [3.05, 3.63) is 81.1 Å². The van der Waals surface area contributed by atoms with Crippen LogP contribution in [0.25, 0.3) is 62.4 Å². The van der Waals surface area contributed by atoms with Gasteiger partial charge in [-0.3, -0.25) is 9.59 Å². The fourth-order valence-corrected chi connectivity index (χ4v) is 8.73. The van der Waals surface area contributed by atoms with Crippen molar-refractivity contribution in [2.24, 2.45) is 0 Å². The third-order valence-electron chi connectivity index (χ3n) is 8.25. The van der Waals surface area contributed by atoms with Crippen LogP contribution in [0.2, 0.25) is 0 Å². The first-order chi connectivity index (χ1) is 22.2. The Hall–Kier alpha value is -4.22. The van der Waals surface area contributed by atoms with Crippen LogP contribution >= 0.6 is 22.7 Å². The van der Waals surface area contributed by atoms with Gasteiger partial charge in [0, 0.05) is 26.2 Å². The minimum absolute atomic E-state index is 0.148. The summed E-state index contributed by atoms with van der Waals surface area (Å²) in [6, 6.07) is 18.7. The van der Waals surface area contributed by atoms with E-state index < -0.39 is 10.9 Å². The molecule has 2 aromatic heterocycles. The van der Waals surface area contributed by atoms with Crippen molar-refractivity contribution in [1.82, 2.24) is 18.9 Å². The van der Waals surface area contributed by atoms with E-state index in [2.05, 4.69) is 43.2 Å². The molecule has 0 fully saturated rings. The Balaban J connectivity index is 0.00000182. The second-order valence-corrected chi connectivity index (χ2v) is 13.8. The molecule has 5 aromatic carbocycles. The molecule has 2 heterocycles. The molecule has 7 aromatic rings. The molecule has 8 nitrogen and oxygen atoms in total. The second-order valence-electron chi connectivity index (χ2n) is 11.7. The van der Waals surface area contributed by atoms with E-state index in [1.165, 1.54) is 12.1 Å². The average Bonchev–Trinajstić information content (AvgIpc) is 3.05. The topological polar surface area (TPSA) is 90.9 Å². The van der Waals surface area contributed by atoms with Crippen molar-refractivity contribution in [3.8, 4) is 11.5 Å². The minimum atomic E-state index is -0.506. The van der Waals surface area contributed by atoms with Gasteiger partial charge < -0.3 is 29.1 Å². The largest absolute Gasteiger partial charge is 0.506 e. The molecule has 46 heavy (non-hydrogen) atoms. The maximum absolute atomic E-state index is 13.2. The first-order valence-electron chi connectivity index (χ1n) is 15.4. The van der Waals surface area contributed by atoms with Gasteiger partial charge in [0.15, 0.2) is 10.9 Å². The molecule has 0 unspecified atom stereocenters. The zero-order valence-corrected chi connectivity index (χ0v) is 28.6. The summed E-state index contributed by atoms with van der Waals surface area (Å²) in [6.07, 6.45) is 0. The predicted molar refractivity (Wildman–Crippen MR) is 196 cm³/mol. The highest BCUT2D eigenvalue weighted by Gasteiger charge is 2.27. The first-order valence-corrected chi connectivity index (χ1v) is 17.1. The molecule has 2 N–H and O–H groups in total. The van der Waals surface area contributed by atoms with Gasteiger partial charge >= 0.3 is 0 Å². The van der Waals surface area contributed by atoms with Crippen LogP contribution in [0.3, 0.4) is 0 Å². The lowest BCUT2D eigenvalue weighted by Gasteiger charge is -2.24. The summed E-state index contributed by atoms with van der Waals surface area (Å²) in [5.74, 6) is -0.554. The number of para-hydroxylation sites is 2. The lowest BCUT2D eigenvalue weighted by molar-refractivity contribution is 0.389. The molecule has 0 bridgehead atoms. The van der Waals surface area contributed by atoms with Gasteiger partial charge in [-0.2, -0.15) is 0 Å². The van der Waals surface area contributed by atoms with E-state index in [0.29, 0.717) is 23.9 Å². The fourth-order valence-electron chi connectivity index (χ4n) is 6.19. The molecule has 0 atom stereocenters. The highest BCUT2D eigenvalue weighted by atomic mass is 32.1. The van der Waals surface area contributed by atoms with E-state index >= 15 is 0 Å². The summed E-state index contributed by atoms with van der Waals surface area (Å²) < 4.78 is 8.42. The van der Waals surface area contributed by atoms with Crippen LogP contribution in [0.15, 0.2) is 70.3 Å². The third kappa shape index (κ3) is 5.06. The summed E-state index contributed by atoms with van der Waals surface area (Å²) in [5.41, 5.74) is 2.42. The normalized spacial score (nSPS) is 11.9. The molecule has 0 aliphatic carbocycles. The molecule has 0 spiro atoms. The number of nitrogens with zero attached hydrogens (tertiary/aromatic N) is 4. The molecule has 0 aliphatic heterocycles. The Kier molecular flexibility index (Phi) is 8.64. The smallest absolute Gasteiger partial charge is 0.190 e. The lowest BCUT2D eigenvalue weighted by atomic mass is 9.97. The van der Waals surface area contributed by atoms with Crippen LogP contribution in [0.4, 0.5) is 0 Å². The van der Waals surface area contributed by atoms with Crippen LogP contribution < -0.4 is 10.9 Å². The van der Waals surface area contributed by atoms with Crippen LogP contribution in [-0.2, 0) is 13.1 Å². The Morgan fingerprint density at radius 2 is 0.957 bits per heavy atom. The zero-order chi connectivity index (χ0) is 32.9. The minimum Gasteiger partial charge on any atom is -0.506 e. The number of aromatic nitrogens is 2. The van der Waals surface area contributed by atoms with Crippen molar-refractivity contribution in [2.45, 2.75) is 26.9 Å². The van der Waals surface area contributed by atoms with Gasteiger partial charge in [0.25, 0.3) is 0 Å². The molecule has 238 valence electrons. The average molecular weight is 655 g/mol. The van der Waals surface area contributed by atoms with Gasteiger partial charge in [0.05, 0.1) is 62.4 Å². The zero-order valence-electron chi connectivity index (χ0n) is 26.9. The Bertz CT molecular complexity index is 2260. The maximum atomic E-state index is 13.2. The number of hydrogen-bond acceptors (Lipinski definition) is 8. The summed E-state index contributed by atoms with van der Waals surface area (Å²) in [5, 5.41) is 24.7.